The molecule has 0 aliphatic carbocycles. The molecule has 1 atom stereocenters. The van der Waals surface area contributed by atoms with Crippen LogP contribution in [0.3, 0.4) is 0 Å². The predicted octanol–water partition coefficient (Wildman–Crippen LogP) is 0.346. The zero-order valence-corrected chi connectivity index (χ0v) is 7.05. The zero-order chi connectivity index (χ0) is 8.27. The van der Waals surface area contributed by atoms with Crippen molar-refractivity contribution < 1.29 is 4.79 Å². The summed E-state index contributed by atoms with van der Waals surface area (Å²) < 4.78 is 0. The Balaban J connectivity index is 2.30. The SMILES string of the molecule is CCCCN1CCC(N)C1=O. The van der Waals surface area contributed by atoms with Crippen molar-refractivity contribution in [2.75, 3.05) is 13.1 Å². The summed E-state index contributed by atoms with van der Waals surface area (Å²) in [5, 5.41) is 0. The molecule has 1 unspecified atom stereocenters. The number of amides is 1. The number of carbonyl (C=O) groups excluding carboxylic acids is 1. The summed E-state index contributed by atoms with van der Waals surface area (Å²) in [5.41, 5.74) is 5.55. The van der Waals surface area contributed by atoms with Gasteiger partial charge in [-0.25, -0.2) is 0 Å². The Hall–Kier alpha value is -0.570. The van der Waals surface area contributed by atoms with E-state index in [9.17, 15) is 4.79 Å². The van der Waals surface area contributed by atoms with Crippen molar-refractivity contribution >= 4 is 5.91 Å². The molecular weight excluding hydrogens is 140 g/mol. The van der Waals surface area contributed by atoms with Crippen molar-refractivity contribution in [2.45, 2.75) is 32.2 Å². The van der Waals surface area contributed by atoms with Crippen molar-refractivity contribution in [3.8, 4) is 0 Å². The van der Waals surface area contributed by atoms with Crippen LogP contribution in [0, 0.1) is 0 Å². The Bertz CT molecular complexity index is 147. The lowest BCUT2D eigenvalue weighted by atomic mass is 10.3. The molecule has 1 aliphatic heterocycles. The molecule has 1 amide bonds. The Labute approximate surface area is 67.5 Å². The van der Waals surface area contributed by atoms with Crippen LogP contribution in [0.25, 0.3) is 0 Å². The molecule has 0 spiro atoms. The lowest BCUT2D eigenvalue weighted by molar-refractivity contribution is -0.128. The standard InChI is InChI=1S/C8H16N2O/c1-2-3-5-10-6-4-7(9)8(10)11/h7H,2-6,9H2,1H3. The number of nitrogens with zero attached hydrogens (tertiary/aromatic N) is 1. The van der Waals surface area contributed by atoms with Gasteiger partial charge in [0, 0.05) is 13.1 Å². The van der Waals surface area contributed by atoms with Gasteiger partial charge in [0.15, 0.2) is 0 Å². The van der Waals surface area contributed by atoms with E-state index in [2.05, 4.69) is 6.92 Å². The molecule has 1 saturated heterocycles. The van der Waals surface area contributed by atoms with Gasteiger partial charge in [0.2, 0.25) is 5.91 Å². The molecule has 0 aromatic carbocycles. The van der Waals surface area contributed by atoms with Gasteiger partial charge in [-0.1, -0.05) is 13.3 Å². The third-order valence-corrected chi connectivity index (χ3v) is 2.12. The van der Waals surface area contributed by atoms with Crippen LogP contribution in [0.5, 0.6) is 0 Å². The summed E-state index contributed by atoms with van der Waals surface area (Å²) in [6, 6.07) is -0.216. The monoisotopic (exact) mass is 156 g/mol. The number of hydrogen-bond acceptors (Lipinski definition) is 2. The van der Waals surface area contributed by atoms with Crippen LogP contribution in [-0.2, 0) is 4.79 Å². The van der Waals surface area contributed by atoms with Gasteiger partial charge in [0.1, 0.15) is 0 Å². The van der Waals surface area contributed by atoms with E-state index in [1.165, 1.54) is 0 Å². The Morgan fingerprint density at radius 1 is 1.73 bits per heavy atom. The maximum atomic E-state index is 11.2. The van der Waals surface area contributed by atoms with Gasteiger partial charge >= 0.3 is 0 Å². The van der Waals surface area contributed by atoms with Crippen molar-refractivity contribution in [2.24, 2.45) is 5.73 Å². The number of rotatable bonds is 3. The molecule has 3 heteroatoms. The molecule has 0 bridgehead atoms. The van der Waals surface area contributed by atoms with Gasteiger partial charge in [0.05, 0.1) is 6.04 Å². The van der Waals surface area contributed by atoms with Crippen LogP contribution >= 0.6 is 0 Å². The minimum absolute atomic E-state index is 0.137. The van der Waals surface area contributed by atoms with Gasteiger partial charge in [-0.05, 0) is 12.8 Å². The van der Waals surface area contributed by atoms with Gasteiger partial charge in [-0.3, -0.25) is 4.79 Å². The minimum Gasteiger partial charge on any atom is -0.341 e. The highest BCUT2D eigenvalue weighted by Crippen LogP contribution is 2.09. The number of unbranched alkanes of at least 4 members (excludes halogenated alkanes) is 1. The number of nitrogens with two attached hydrogens (primary N) is 1. The second kappa shape index (κ2) is 3.72. The van der Waals surface area contributed by atoms with Gasteiger partial charge in [-0.2, -0.15) is 0 Å². The minimum atomic E-state index is -0.216. The van der Waals surface area contributed by atoms with Crippen LogP contribution in [0.15, 0.2) is 0 Å². The number of hydrogen-bond donors (Lipinski definition) is 1. The van der Waals surface area contributed by atoms with E-state index in [0.717, 1.165) is 32.4 Å². The fourth-order valence-electron chi connectivity index (χ4n) is 1.33. The molecule has 2 N–H and O–H groups in total. The highest BCUT2D eigenvalue weighted by Gasteiger charge is 2.27. The summed E-state index contributed by atoms with van der Waals surface area (Å²) in [6.07, 6.45) is 3.07. The summed E-state index contributed by atoms with van der Waals surface area (Å²) in [7, 11) is 0. The van der Waals surface area contributed by atoms with E-state index >= 15 is 0 Å². The molecule has 0 aromatic heterocycles. The molecule has 0 radical (unpaired) electrons. The van der Waals surface area contributed by atoms with Crippen molar-refractivity contribution in [3.05, 3.63) is 0 Å². The van der Waals surface area contributed by atoms with Crippen molar-refractivity contribution in [1.82, 2.24) is 4.90 Å². The molecule has 1 aliphatic rings. The first-order valence-electron chi connectivity index (χ1n) is 4.30. The zero-order valence-electron chi connectivity index (χ0n) is 7.05. The summed E-state index contributed by atoms with van der Waals surface area (Å²) >= 11 is 0. The lowest BCUT2D eigenvalue weighted by Crippen LogP contribution is -2.34. The predicted molar refractivity (Wildman–Crippen MR) is 44.1 cm³/mol. The summed E-state index contributed by atoms with van der Waals surface area (Å²) in [5.74, 6) is 0.137. The molecule has 3 nitrogen and oxygen atoms in total. The highest BCUT2D eigenvalue weighted by atomic mass is 16.2. The Morgan fingerprint density at radius 3 is 2.91 bits per heavy atom. The van der Waals surface area contributed by atoms with E-state index < -0.39 is 0 Å². The number of likely N-dealkylation sites (tertiary alicyclic amines) is 1. The van der Waals surface area contributed by atoms with Crippen LogP contribution in [0.1, 0.15) is 26.2 Å². The maximum absolute atomic E-state index is 11.2. The van der Waals surface area contributed by atoms with Gasteiger partial charge in [-0.15, -0.1) is 0 Å². The fourth-order valence-corrected chi connectivity index (χ4v) is 1.33. The van der Waals surface area contributed by atoms with Crippen LogP contribution in [0.4, 0.5) is 0 Å². The average molecular weight is 156 g/mol. The van der Waals surface area contributed by atoms with Gasteiger partial charge < -0.3 is 10.6 Å². The smallest absolute Gasteiger partial charge is 0.239 e. The van der Waals surface area contributed by atoms with E-state index in [1.54, 1.807) is 0 Å². The quantitative estimate of drug-likeness (QED) is 0.640. The molecular formula is C8H16N2O. The largest absolute Gasteiger partial charge is 0.341 e. The molecule has 1 fully saturated rings. The second-order valence-electron chi connectivity index (χ2n) is 3.07. The Kier molecular flexibility index (Phi) is 2.88. The first-order valence-corrected chi connectivity index (χ1v) is 4.30. The van der Waals surface area contributed by atoms with E-state index in [1.807, 2.05) is 4.90 Å². The fraction of sp³-hybridized carbons (Fsp3) is 0.875. The maximum Gasteiger partial charge on any atom is 0.239 e. The first-order chi connectivity index (χ1) is 5.25. The summed E-state index contributed by atoms with van der Waals surface area (Å²) in [4.78, 5) is 13.1. The first kappa shape index (κ1) is 8.53. The van der Waals surface area contributed by atoms with Gasteiger partial charge in [0.25, 0.3) is 0 Å². The van der Waals surface area contributed by atoms with Crippen molar-refractivity contribution in [1.29, 1.82) is 0 Å². The second-order valence-corrected chi connectivity index (χ2v) is 3.07. The highest BCUT2D eigenvalue weighted by molar-refractivity contribution is 5.83. The molecule has 64 valence electrons. The molecule has 1 heterocycles. The average Bonchev–Trinajstić information content (AvgIpc) is 2.31. The third-order valence-electron chi connectivity index (χ3n) is 2.12. The van der Waals surface area contributed by atoms with Crippen LogP contribution in [0.2, 0.25) is 0 Å². The molecule has 0 saturated carbocycles. The third kappa shape index (κ3) is 1.93. The molecule has 1 rings (SSSR count). The molecule has 0 aromatic rings. The van der Waals surface area contributed by atoms with Crippen LogP contribution in [-0.4, -0.2) is 29.9 Å². The van der Waals surface area contributed by atoms with Crippen LogP contribution < -0.4 is 5.73 Å². The normalized spacial score (nSPS) is 24.7. The lowest BCUT2D eigenvalue weighted by Gasteiger charge is -2.14. The van der Waals surface area contributed by atoms with E-state index in [4.69, 9.17) is 5.73 Å². The summed E-state index contributed by atoms with van der Waals surface area (Å²) in [6.45, 7) is 3.88. The topological polar surface area (TPSA) is 46.3 Å². The van der Waals surface area contributed by atoms with E-state index in [0.29, 0.717) is 0 Å². The number of carbonyl (C=O) groups is 1. The molecule has 11 heavy (non-hydrogen) atoms. The van der Waals surface area contributed by atoms with E-state index in [-0.39, 0.29) is 11.9 Å². The van der Waals surface area contributed by atoms with Crippen molar-refractivity contribution in [3.63, 3.8) is 0 Å². The Morgan fingerprint density at radius 2 is 2.45 bits per heavy atom.